The molecule has 3 aliphatic rings. The Bertz CT molecular complexity index is 411. The summed E-state index contributed by atoms with van der Waals surface area (Å²) in [5, 5.41) is 0. The van der Waals surface area contributed by atoms with Crippen molar-refractivity contribution >= 4 is 5.78 Å². The lowest BCUT2D eigenvalue weighted by molar-refractivity contribution is -0.120. The van der Waals surface area contributed by atoms with Crippen LogP contribution in [-0.2, 0) is 4.79 Å². The van der Waals surface area contributed by atoms with E-state index in [9.17, 15) is 4.79 Å². The average molecular weight is 232 g/mol. The van der Waals surface area contributed by atoms with Gasteiger partial charge in [-0.25, -0.2) is 0 Å². The Morgan fingerprint density at radius 3 is 2.41 bits per heavy atom. The Morgan fingerprint density at radius 1 is 1.41 bits per heavy atom. The summed E-state index contributed by atoms with van der Waals surface area (Å²) in [5.74, 6) is 0.830. The van der Waals surface area contributed by atoms with Crippen molar-refractivity contribution in [3.63, 3.8) is 0 Å². The monoisotopic (exact) mass is 232 g/mol. The molecule has 0 N–H and O–H groups in total. The summed E-state index contributed by atoms with van der Waals surface area (Å²) >= 11 is 0. The molecule has 0 saturated heterocycles. The van der Waals surface area contributed by atoms with E-state index in [0.717, 1.165) is 18.4 Å². The number of ketones is 1. The zero-order chi connectivity index (χ0) is 13.0. The highest BCUT2D eigenvalue weighted by Gasteiger charge is 2.51. The first-order valence-corrected chi connectivity index (χ1v) is 6.61. The first-order valence-electron chi connectivity index (χ1n) is 6.61. The molecule has 1 fully saturated rings. The van der Waals surface area contributed by atoms with Crippen molar-refractivity contribution in [1.29, 1.82) is 0 Å². The maximum Gasteiger partial charge on any atom is 0.161 e. The lowest BCUT2D eigenvalue weighted by Gasteiger charge is -2.54. The van der Waals surface area contributed by atoms with Crippen molar-refractivity contribution in [2.24, 2.45) is 22.7 Å². The topological polar surface area (TPSA) is 17.1 Å². The summed E-state index contributed by atoms with van der Waals surface area (Å²) in [7, 11) is 0. The van der Waals surface area contributed by atoms with Crippen LogP contribution in [0.15, 0.2) is 23.8 Å². The van der Waals surface area contributed by atoms with Crippen LogP contribution in [-0.4, -0.2) is 5.78 Å². The van der Waals surface area contributed by atoms with E-state index >= 15 is 0 Å². The maximum atomic E-state index is 12.3. The predicted molar refractivity (Wildman–Crippen MR) is 71.7 cm³/mol. The minimum absolute atomic E-state index is 0.0245. The highest BCUT2D eigenvalue weighted by Crippen LogP contribution is 2.60. The molecule has 0 heterocycles. The Morgan fingerprint density at radius 2 is 2.00 bits per heavy atom. The molecule has 17 heavy (non-hydrogen) atoms. The van der Waals surface area contributed by atoms with Crippen LogP contribution in [0.4, 0.5) is 0 Å². The standard InChI is InChI=1S/C16H24O/c1-10(2)14(17)13-7-12-11(3)8-16(13,6)9-15(12,4)5/h7,10,12H,3,8-9H2,1-2,4-6H3/t12-,16+/m1/s1. The second-order valence-electron chi connectivity index (χ2n) is 7.14. The number of rotatable bonds is 2. The van der Waals surface area contributed by atoms with Gasteiger partial charge in [-0.2, -0.15) is 0 Å². The van der Waals surface area contributed by atoms with Crippen LogP contribution in [0.2, 0.25) is 0 Å². The summed E-state index contributed by atoms with van der Waals surface area (Å²) in [6.07, 6.45) is 4.32. The Balaban J connectivity index is 2.48. The third-order valence-electron chi connectivity index (χ3n) is 4.52. The molecule has 0 aromatic heterocycles. The first kappa shape index (κ1) is 12.6. The zero-order valence-electron chi connectivity index (χ0n) is 11.8. The molecular weight excluding hydrogens is 208 g/mol. The Hall–Kier alpha value is -0.850. The van der Waals surface area contributed by atoms with Crippen molar-refractivity contribution in [1.82, 2.24) is 0 Å². The van der Waals surface area contributed by atoms with Gasteiger partial charge >= 0.3 is 0 Å². The van der Waals surface area contributed by atoms with Gasteiger partial charge < -0.3 is 0 Å². The molecule has 0 spiro atoms. The van der Waals surface area contributed by atoms with Gasteiger partial charge in [-0.1, -0.05) is 52.8 Å². The van der Waals surface area contributed by atoms with E-state index in [1.807, 2.05) is 13.8 Å². The zero-order valence-corrected chi connectivity index (χ0v) is 11.8. The van der Waals surface area contributed by atoms with E-state index in [1.54, 1.807) is 0 Å². The minimum Gasteiger partial charge on any atom is -0.294 e. The van der Waals surface area contributed by atoms with E-state index in [1.165, 1.54) is 5.57 Å². The fourth-order valence-corrected chi connectivity index (χ4v) is 3.93. The van der Waals surface area contributed by atoms with Gasteiger partial charge in [-0.3, -0.25) is 4.79 Å². The van der Waals surface area contributed by atoms with Gasteiger partial charge in [0.2, 0.25) is 0 Å². The number of hydrogen-bond acceptors (Lipinski definition) is 1. The Labute approximate surface area is 105 Å². The molecule has 2 bridgehead atoms. The smallest absolute Gasteiger partial charge is 0.161 e. The summed E-state index contributed by atoms with van der Waals surface area (Å²) in [6, 6.07) is 0. The molecule has 0 amide bonds. The number of carbonyl (C=O) groups is 1. The molecule has 2 atom stereocenters. The molecular formula is C16H24O. The normalized spacial score (nSPS) is 35.1. The molecule has 3 rings (SSSR count). The van der Waals surface area contributed by atoms with E-state index < -0.39 is 0 Å². The molecule has 0 radical (unpaired) electrons. The number of carbonyl (C=O) groups excluding carboxylic acids is 1. The third-order valence-corrected chi connectivity index (χ3v) is 4.52. The third kappa shape index (κ3) is 1.80. The number of fused-ring (bicyclic) bond motifs is 2. The second kappa shape index (κ2) is 3.57. The minimum atomic E-state index is 0.0245. The highest BCUT2D eigenvalue weighted by atomic mass is 16.1. The molecule has 0 aliphatic heterocycles. The van der Waals surface area contributed by atoms with E-state index in [-0.39, 0.29) is 16.7 Å². The molecule has 1 heteroatoms. The van der Waals surface area contributed by atoms with Crippen LogP contribution in [0.1, 0.15) is 47.5 Å². The van der Waals surface area contributed by atoms with Crippen molar-refractivity contribution in [3.8, 4) is 0 Å². The van der Waals surface area contributed by atoms with Gasteiger partial charge in [0.15, 0.2) is 5.78 Å². The van der Waals surface area contributed by atoms with Crippen LogP contribution < -0.4 is 0 Å². The van der Waals surface area contributed by atoms with Gasteiger partial charge in [0.1, 0.15) is 0 Å². The largest absolute Gasteiger partial charge is 0.294 e. The maximum absolute atomic E-state index is 12.3. The number of allylic oxidation sites excluding steroid dienone is 3. The molecule has 94 valence electrons. The molecule has 1 nitrogen and oxygen atoms in total. The van der Waals surface area contributed by atoms with Crippen LogP contribution in [0, 0.1) is 22.7 Å². The summed E-state index contributed by atoms with van der Waals surface area (Å²) in [5.41, 5.74) is 2.66. The van der Waals surface area contributed by atoms with Gasteiger partial charge in [0.25, 0.3) is 0 Å². The SMILES string of the molecule is C=C1C[C@@]2(C)CC(C)(C)[C@@H]1C=C2C(=O)C(C)C. The van der Waals surface area contributed by atoms with Crippen molar-refractivity contribution in [2.75, 3.05) is 0 Å². The molecule has 0 aromatic carbocycles. The fraction of sp³-hybridized carbons (Fsp3) is 0.688. The van der Waals surface area contributed by atoms with Crippen molar-refractivity contribution in [3.05, 3.63) is 23.8 Å². The van der Waals surface area contributed by atoms with Gasteiger partial charge in [0, 0.05) is 11.8 Å². The lowest BCUT2D eigenvalue weighted by atomic mass is 9.50. The summed E-state index contributed by atoms with van der Waals surface area (Å²) in [6.45, 7) is 15.0. The quantitative estimate of drug-likeness (QED) is 0.654. The molecule has 3 aliphatic carbocycles. The second-order valence-corrected chi connectivity index (χ2v) is 7.14. The number of hydrogen-bond donors (Lipinski definition) is 0. The van der Waals surface area contributed by atoms with E-state index in [2.05, 4.69) is 33.4 Å². The molecule has 0 unspecified atom stereocenters. The fourth-order valence-electron chi connectivity index (χ4n) is 3.93. The predicted octanol–water partition coefficient (Wildman–Crippen LogP) is 4.15. The van der Waals surface area contributed by atoms with E-state index in [4.69, 9.17) is 0 Å². The molecule has 0 aromatic rings. The van der Waals surface area contributed by atoms with Crippen molar-refractivity contribution in [2.45, 2.75) is 47.5 Å². The van der Waals surface area contributed by atoms with Crippen molar-refractivity contribution < 1.29 is 4.79 Å². The van der Waals surface area contributed by atoms with E-state index in [0.29, 0.717) is 11.7 Å². The van der Waals surface area contributed by atoms with Crippen LogP contribution in [0.3, 0.4) is 0 Å². The van der Waals surface area contributed by atoms with Crippen LogP contribution >= 0.6 is 0 Å². The van der Waals surface area contributed by atoms with Crippen LogP contribution in [0.25, 0.3) is 0 Å². The van der Waals surface area contributed by atoms with Gasteiger partial charge in [0.05, 0.1) is 0 Å². The van der Waals surface area contributed by atoms with Gasteiger partial charge in [-0.15, -0.1) is 0 Å². The highest BCUT2D eigenvalue weighted by molar-refractivity contribution is 5.98. The molecule has 1 saturated carbocycles. The first-order chi connectivity index (χ1) is 7.67. The summed E-state index contributed by atoms with van der Waals surface area (Å²) < 4.78 is 0. The Kier molecular flexibility index (Phi) is 2.65. The lowest BCUT2D eigenvalue weighted by Crippen LogP contribution is -2.46. The van der Waals surface area contributed by atoms with Crippen LogP contribution in [0.5, 0.6) is 0 Å². The summed E-state index contributed by atoms with van der Waals surface area (Å²) in [4.78, 5) is 12.3. The average Bonchev–Trinajstić information content (AvgIpc) is 2.12. The number of Topliss-reactive ketones (excluding diaryl/α,β-unsaturated/α-hetero) is 1. The van der Waals surface area contributed by atoms with Gasteiger partial charge in [-0.05, 0) is 29.2 Å².